The number of anilines is 1. The average molecular weight is 320 g/mol. The summed E-state index contributed by atoms with van der Waals surface area (Å²) in [5, 5.41) is 9.64. The lowest BCUT2D eigenvalue weighted by atomic mass is 10.1. The molecular weight excluding hydrogens is 306 g/mol. The molecule has 98 valence electrons. The van der Waals surface area contributed by atoms with Crippen LogP contribution in [-0.2, 0) is 0 Å². The van der Waals surface area contributed by atoms with Gasteiger partial charge in [0.15, 0.2) is 0 Å². The summed E-state index contributed by atoms with van der Waals surface area (Å²) in [6, 6.07) is 12.5. The van der Waals surface area contributed by atoms with E-state index in [1.165, 1.54) is 6.07 Å². The van der Waals surface area contributed by atoms with Crippen molar-refractivity contribution >= 4 is 27.5 Å². The van der Waals surface area contributed by atoms with Crippen LogP contribution < -0.4 is 4.90 Å². The number of phenols is 1. The van der Waals surface area contributed by atoms with Gasteiger partial charge in [-0.25, -0.2) is 0 Å². The summed E-state index contributed by atoms with van der Waals surface area (Å²) in [6.07, 6.45) is 0. The third kappa shape index (κ3) is 2.79. The summed E-state index contributed by atoms with van der Waals surface area (Å²) in [4.78, 5) is 13.9. The number of halogens is 1. The van der Waals surface area contributed by atoms with Crippen LogP contribution in [0.2, 0.25) is 0 Å². The van der Waals surface area contributed by atoms with Crippen LogP contribution in [0.15, 0.2) is 46.9 Å². The van der Waals surface area contributed by atoms with E-state index in [9.17, 15) is 9.90 Å². The zero-order valence-electron chi connectivity index (χ0n) is 10.7. The summed E-state index contributed by atoms with van der Waals surface area (Å²) in [5.41, 5.74) is 2.33. The lowest BCUT2D eigenvalue weighted by Crippen LogP contribution is -2.26. The molecule has 2 aromatic carbocycles. The molecule has 0 aliphatic carbocycles. The third-order valence-corrected chi connectivity index (χ3v) is 3.65. The molecule has 0 radical (unpaired) electrons. The number of rotatable bonds is 2. The Morgan fingerprint density at radius 2 is 1.89 bits per heavy atom. The minimum Gasteiger partial charge on any atom is -0.507 e. The highest BCUT2D eigenvalue weighted by Crippen LogP contribution is 2.26. The van der Waals surface area contributed by atoms with Crippen LogP contribution in [0.25, 0.3) is 0 Å². The van der Waals surface area contributed by atoms with Crippen molar-refractivity contribution in [1.29, 1.82) is 0 Å². The molecule has 4 heteroatoms. The lowest BCUT2D eigenvalue weighted by molar-refractivity contribution is 0.0992. The highest BCUT2D eigenvalue weighted by atomic mass is 79.9. The number of nitrogens with zero attached hydrogens (tertiary/aromatic N) is 1. The molecule has 0 atom stereocenters. The maximum Gasteiger partial charge on any atom is 0.258 e. The Morgan fingerprint density at radius 1 is 1.21 bits per heavy atom. The van der Waals surface area contributed by atoms with Gasteiger partial charge in [-0.05, 0) is 52.7 Å². The molecular formula is C15H14BrNO2. The minimum absolute atomic E-state index is 0.0593. The number of aryl methyl sites for hydroxylation is 1. The number of phenolic OH excluding ortho intramolecular Hbond substituents is 1. The van der Waals surface area contributed by atoms with E-state index in [0.29, 0.717) is 10.0 Å². The molecule has 0 spiro atoms. The minimum atomic E-state index is -0.155. The Bertz CT molecular complexity index is 625. The molecule has 3 nitrogen and oxygen atoms in total. The Kier molecular flexibility index (Phi) is 3.90. The van der Waals surface area contributed by atoms with Gasteiger partial charge in [-0.1, -0.05) is 18.2 Å². The largest absolute Gasteiger partial charge is 0.507 e. The van der Waals surface area contributed by atoms with Crippen molar-refractivity contribution in [3.05, 3.63) is 58.1 Å². The molecule has 1 amide bonds. The number of para-hydroxylation sites is 1. The number of hydrogen-bond donors (Lipinski definition) is 1. The first-order chi connectivity index (χ1) is 9.00. The smallest absolute Gasteiger partial charge is 0.258 e. The van der Waals surface area contributed by atoms with Crippen LogP contribution in [0.4, 0.5) is 5.69 Å². The summed E-state index contributed by atoms with van der Waals surface area (Å²) >= 11 is 3.20. The number of carbonyl (C=O) groups excluding carboxylic acids is 1. The predicted octanol–water partition coefficient (Wildman–Crippen LogP) is 3.74. The van der Waals surface area contributed by atoms with Crippen LogP contribution in [0.5, 0.6) is 5.75 Å². The van der Waals surface area contributed by atoms with Gasteiger partial charge in [-0.2, -0.15) is 0 Å². The van der Waals surface area contributed by atoms with Crippen LogP contribution in [0.1, 0.15) is 15.9 Å². The quantitative estimate of drug-likeness (QED) is 0.916. The van der Waals surface area contributed by atoms with Gasteiger partial charge in [0.2, 0.25) is 0 Å². The highest BCUT2D eigenvalue weighted by Gasteiger charge is 2.15. The standard InChI is InChI=1S/C15H14BrNO2/c1-10-5-3-4-6-13(10)17(2)15(19)11-7-8-12(16)14(18)9-11/h3-9,18H,1-2H3. The van der Waals surface area contributed by atoms with E-state index < -0.39 is 0 Å². The van der Waals surface area contributed by atoms with Crippen LogP contribution in [-0.4, -0.2) is 18.1 Å². The van der Waals surface area contributed by atoms with E-state index in [1.54, 1.807) is 24.1 Å². The SMILES string of the molecule is Cc1ccccc1N(C)C(=O)c1ccc(Br)c(O)c1. The van der Waals surface area contributed by atoms with Gasteiger partial charge < -0.3 is 10.0 Å². The van der Waals surface area contributed by atoms with E-state index >= 15 is 0 Å². The number of carbonyl (C=O) groups is 1. The van der Waals surface area contributed by atoms with Crippen LogP contribution >= 0.6 is 15.9 Å². The first-order valence-electron chi connectivity index (χ1n) is 5.83. The number of benzene rings is 2. The summed E-state index contributed by atoms with van der Waals surface area (Å²) < 4.78 is 0.572. The van der Waals surface area contributed by atoms with Crippen molar-refractivity contribution in [3.8, 4) is 5.75 Å². The third-order valence-electron chi connectivity index (χ3n) is 2.97. The second kappa shape index (κ2) is 5.45. The maximum absolute atomic E-state index is 12.4. The summed E-state index contributed by atoms with van der Waals surface area (Å²) in [6.45, 7) is 1.96. The zero-order valence-corrected chi connectivity index (χ0v) is 12.3. The van der Waals surface area contributed by atoms with Crippen LogP contribution in [0, 0.1) is 6.92 Å². The fourth-order valence-electron chi connectivity index (χ4n) is 1.89. The fourth-order valence-corrected chi connectivity index (χ4v) is 2.14. The zero-order chi connectivity index (χ0) is 14.0. The second-order valence-corrected chi connectivity index (χ2v) is 5.17. The number of amides is 1. The van der Waals surface area contributed by atoms with Gasteiger partial charge >= 0.3 is 0 Å². The van der Waals surface area contributed by atoms with Gasteiger partial charge in [-0.15, -0.1) is 0 Å². The van der Waals surface area contributed by atoms with Crippen molar-refractivity contribution in [2.24, 2.45) is 0 Å². The van der Waals surface area contributed by atoms with Crippen molar-refractivity contribution in [2.75, 3.05) is 11.9 Å². The van der Waals surface area contributed by atoms with E-state index in [-0.39, 0.29) is 11.7 Å². The van der Waals surface area contributed by atoms with E-state index in [4.69, 9.17) is 0 Å². The van der Waals surface area contributed by atoms with Gasteiger partial charge in [0.05, 0.1) is 4.47 Å². The molecule has 0 aliphatic heterocycles. The lowest BCUT2D eigenvalue weighted by Gasteiger charge is -2.19. The van der Waals surface area contributed by atoms with Gasteiger partial charge in [0, 0.05) is 18.3 Å². The first kappa shape index (κ1) is 13.6. The van der Waals surface area contributed by atoms with Crippen molar-refractivity contribution in [2.45, 2.75) is 6.92 Å². The Labute approximate surface area is 120 Å². The van der Waals surface area contributed by atoms with Crippen molar-refractivity contribution in [1.82, 2.24) is 0 Å². The molecule has 0 bridgehead atoms. The summed E-state index contributed by atoms with van der Waals surface area (Å²) in [5.74, 6) is -0.0962. The molecule has 0 saturated heterocycles. The van der Waals surface area contributed by atoms with Crippen LogP contribution in [0.3, 0.4) is 0 Å². The maximum atomic E-state index is 12.4. The van der Waals surface area contributed by atoms with E-state index in [1.807, 2.05) is 31.2 Å². The molecule has 0 aliphatic rings. The topological polar surface area (TPSA) is 40.5 Å². The molecule has 0 saturated carbocycles. The summed E-state index contributed by atoms with van der Waals surface area (Å²) in [7, 11) is 1.73. The van der Waals surface area contributed by atoms with Gasteiger partial charge in [-0.3, -0.25) is 4.79 Å². The normalized spacial score (nSPS) is 10.3. The van der Waals surface area contributed by atoms with Crippen molar-refractivity contribution < 1.29 is 9.90 Å². The molecule has 0 heterocycles. The van der Waals surface area contributed by atoms with E-state index in [0.717, 1.165) is 11.3 Å². The molecule has 2 aromatic rings. The molecule has 1 N–H and O–H groups in total. The van der Waals surface area contributed by atoms with Gasteiger partial charge in [0.1, 0.15) is 5.75 Å². The highest BCUT2D eigenvalue weighted by molar-refractivity contribution is 9.10. The second-order valence-electron chi connectivity index (χ2n) is 4.32. The molecule has 2 rings (SSSR count). The Balaban J connectivity index is 2.34. The van der Waals surface area contributed by atoms with Gasteiger partial charge in [0.25, 0.3) is 5.91 Å². The average Bonchev–Trinajstić information content (AvgIpc) is 2.41. The first-order valence-corrected chi connectivity index (χ1v) is 6.62. The monoisotopic (exact) mass is 319 g/mol. The molecule has 0 fully saturated rings. The Morgan fingerprint density at radius 3 is 2.53 bits per heavy atom. The molecule has 0 unspecified atom stereocenters. The fraction of sp³-hybridized carbons (Fsp3) is 0.133. The number of hydrogen-bond acceptors (Lipinski definition) is 2. The van der Waals surface area contributed by atoms with E-state index in [2.05, 4.69) is 15.9 Å². The predicted molar refractivity (Wildman–Crippen MR) is 79.7 cm³/mol. The molecule has 19 heavy (non-hydrogen) atoms. The molecule has 0 aromatic heterocycles. The van der Waals surface area contributed by atoms with Crippen molar-refractivity contribution in [3.63, 3.8) is 0 Å². The Hall–Kier alpha value is -1.81. The number of aromatic hydroxyl groups is 1.